The highest BCUT2D eigenvalue weighted by atomic mass is 127. The molecule has 1 N–H and O–H groups in total. The molecule has 1 aromatic carbocycles. The lowest BCUT2D eigenvalue weighted by molar-refractivity contribution is -0.384. The number of hydrogen-bond donors (Lipinski definition) is 1. The number of anilines is 1. The van der Waals surface area contributed by atoms with Crippen LogP contribution in [0.25, 0.3) is 0 Å². The number of nitrogens with zero attached hydrogens (tertiary/aromatic N) is 2. The Morgan fingerprint density at radius 1 is 1.50 bits per heavy atom. The summed E-state index contributed by atoms with van der Waals surface area (Å²) in [5.74, 6) is -0.405. The zero-order chi connectivity index (χ0) is 13.1. The van der Waals surface area contributed by atoms with E-state index in [1.54, 1.807) is 11.6 Å². The molecule has 0 saturated heterocycles. The summed E-state index contributed by atoms with van der Waals surface area (Å²) in [6, 6.07) is 4.15. The fraction of sp³-hybridized carbons (Fsp3) is 0. The predicted octanol–water partition coefficient (Wildman–Crippen LogP) is 2.91. The third-order valence-corrected chi connectivity index (χ3v) is 3.69. The number of thiazole rings is 1. The van der Waals surface area contributed by atoms with Gasteiger partial charge in [0.2, 0.25) is 0 Å². The Morgan fingerprint density at radius 2 is 2.28 bits per heavy atom. The van der Waals surface area contributed by atoms with Crippen LogP contribution in [0.4, 0.5) is 10.8 Å². The molecule has 8 heteroatoms. The van der Waals surface area contributed by atoms with E-state index in [0.717, 1.165) is 0 Å². The van der Waals surface area contributed by atoms with E-state index in [4.69, 9.17) is 0 Å². The van der Waals surface area contributed by atoms with Gasteiger partial charge in [-0.2, -0.15) is 0 Å². The van der Waals surface area contributed by atoms with Crippen molar-refractivity contribution in [2.24, 2.45) is 0 Å². The van der Waals surface area contributed by atoms with Crippen LogP contribution in [0.5, 0.6) is 0 Å². The quantitative estimate of drug-likeness (QED) is 0.508. The summed E-state index contributed by atoms with van der Waals surface area (Å²) < 4.78 is 0.646. The molecule has 1 amide bonds. The standard InChI is InChI=1S/C10H6IN3O3S/c11-8-2-1-6(14(16)17)5-7(8)9(15)13-10-12-3-4-18-10/h1-5H,(H,12,13,15). The molecule has 0 atom stereocenters. The van der Waals surface area contributed by atoms with E-state index in [0.29, 0.717) is 8.70 Å². The van der Waals surface area contributed by atoms with Gasteiger partial charge in [-0.25, -0.2) is 4.98 Å². The van der Waals surface area contributed by atoms with Crippen LogP contribution >= 0.6 is 33.9 Å². The molecule has 0 bridgehead atoms. The first-order valence-corrected chi connectivity index (χ1v) is 6.68. The molecule has 0 fully saturated rings. The van der Waals surface area contributed by atoms with Gasteiger partial charge in [0.15, 0.2) is 5.13 Å². The highest BCUT2D eigenvalue weighted by molar-refractivity contribution is 14.1. The van der Waals surface area contributed by atoms with E-state index in [9.17, 15) is 14.9 Å². The molecule has 1 heterocycles. The first kappa shape index (κ1) is 12.9. The van der Waals surface area contributed by atoms with E-state index in [1.165, 1.54) is 29.5 Å². The number of aromatic nitrogens is 1. The van der Waals surface area contributed by atoms with Gasteiger partial charge in [0.05, 0.1) is 10.5 Å². The molecule has 0 unspecified atom stereocenters. The van der Waals surface area contributed by atoms with Crippen molar-refractivity contribution in [3.05, 3.63) is 49.0 Å². The molecule has 0 aliphatic heterocycles. The second-order valence-corrected chi connectivity index (χ2v) is 5.27. The average molecular weight is 375 g/mol. The van der Waals surface area contributed by atoms with Crippen molar-refractivity contribution in [1.29, 1.82) is 0 Å². The van der Waals surface area contributed by atoms with Gasteiger partial charge in [0, 0.05) is 27.3 Å². The van der Waals surface area contributed by atoms with Crippen molar-refractivity contribution in [3.63, 3.8) is 0 Å². The Kier molecular flexibility index (Phi) is 3.87. The van der Waals surface area contributed by atoms with Crippen LogP contribution in [0.15, 0.2) is 29.8 Å². The van der Waals surface area contributed by atoms with E-state index in [1.807, 2.05) is 22.6 Å². The molecule has 2 rings (SSSR count). The van der Waals surface area contributed by atoms with Crippen molar-refractivity contribution in [2.45, 2.75) is 0 Å². The van der Waals surface area contributed by atoms with Gasteiger partial charge >= 0.3 is 0 Å². The number of carbonyl (C=O) groups is 1. The fourth-order valence-corrected chi connectivity index (χ4v) is 2.35. The van der Waals surface area contributed by atoms with Crippen LogP contribution in [-0.2, 0) is 0 Å². The SMILES string of the molecule is O=C(Nc1nccs1)c1cc([N+](=O)[O-])ccc1I. The van der Waals surface area contributed by atoms with Gasteiger partial charge < -0.3 is 0 Å². The highest BCUT2D eigenvalue weighted by Gasteiger charge is 2.16. The van der Waals surface area contributed by atoms with Crippen molar-refractivity contribution in [2.75, 3.05) is 5.32 Å². The number of nitro groups is 1. The third-order valence-electron chi connectivity index (χ3n) is 2.06. The second kappa shape index (κ2) is 5.40. The largest absolute Gasteiger partial charge is 0.298 e. The lowest BCUT2D eigenvalue weighted by Crippen LogP contribution is -2.13. The Labute approximate surface area is 119 Å². The van der Waals surface area contributed by atoms with E-state index in [2.05, 4.69) is 10.3 Å². The highest BCUT2D eigenvalue weighted by Crippen LogP contribution is 2.21. The first-order chi connectivity index (χ1) is 8.58. The lowest BCUT2D eigenvalue weighted by Gasteiger charge is -2.04. The van der Waals surface area contributed by atoms with Crippen molar-refractivity contribution < 1.29 is 9.72 Å². The van der Waals surface area contributed by atoms with Crippen molar-refractivity contribution >= 4 is 50.7 Å². The molecule has 0 aliphatic carbocycles. The fourth-order valence-electron chi connectivity index (χ4n) is 1.25. The number of rotatable bonds is 3. The van der Waals surface area contributed by atoms with Gasteiger partial charge in [-0.15, -0.1) is 11.3 Å². The number of non-ortho nitro benzene ring substituents is 1. The topological polar surface area (TPSA) is 85.1 Å². The van der Waals surface area contributed by atoms with Crippen LogP contribution in [0.3, 0.4) is 0 Å². The molecule has 0 aliphatic rings. The molecule has 18 heavy (non-hydrogen) atoms. The molecule has 2 aromatic rings. The Bertz CT molecular complexity index is 600. The monoisotopic (exact) mass is 375 g/mol. The summed E-state index contributed by atoms with van der Waals surface area (Å²) in [5.41, 5.74) is 0.153. The molecule has 0 spiro atoms. The van der Waals surface area contributed by atoms with Gasteiger partial charge in [-0.05, 0) is 28.7 Å². The summed E-state index contributed by atoms with van der Waals surface area (Å²) in [7, 11) is 0. The van der Waals surface area contributed by atoms with Gasteiger partial charge in [-0.3, -0.25) is 20.2 Å². The van der Waals surface area contributed by atoms with Crippen LogP contribution in [-0.4, -0.2) is 15.8 Å². The zero-order valence-corrected chi connectivity index (χ0v) is 11.8. The molecular weight excluding hydrogens is 369 g/mol. The lowest BCUT2D eigenvalue weighted by atomic mass is 10.2. The normalized spacial score (nSPS) is 10.1. The van der Waals surface area contributed by atoms with Crippen LogP contribution in [0.2, 0.25) is 0 Å². The van der Waals surface area contributed by atoms with Gasteiger partial charge in [-0.1, -0.05) is 0 Å². The van der Waals surface area contributed by atoms with E-state index >= 15 is 0 Å². The third kappa shape index (κ3) is 2.82. The second-order valence-electron chi connectivity index (χ2n) is 3.21. The maximum atomic E-state index is 11.9. The molecule has 0 radical (unpaired) electrons. The molecular formula is C10H6IN3O3S. The van der Waals surface area contributed by atoms with Gasteiger partial charge in [0.25, 0.3) is 11.6 Å². The van der Waals surface area contributed by atoms with Crippen molar-refractivity contribution in [1.82, 2.24) is 4.98 Å². The first-order valence-electron chi connectivity index (χ1n) is 4.72. The van der Waals surface area contributed by atoms with Crippen LogP contribution in [0.1, 0.15) is 10.4 Å². The summed E-state index contributed by atoms with van der Waals surface area (Å²) >= 11 is 3.24. The smallest absolute Gasteiger partial charge is 0.270 e. The van der Waals surface area contributed by atoms with Crippen LogP contribution in [0, 0.1) is 13.7 Å². The summed E-state index contributed by atoms with van der Waals surface area (Å²) in [6.07, 6.45) is 1.57. The number of halogens is 1. The Hall–Kier alpha value is -1.55. The Balaban J connectivity index is 2.29. The summed E-state index contributed by atoms with van der Waals surface area (Å²) in [6.45, 7) is 0. The maximum absolute atomic E-state index is 11.9. The number of hydrogen-bond acceptors (Lipinski definition) is 5. The van der Waals surface area contributed by atoms with E-state index < -0.39 is 10.8 Å². The number of carbonyl (C=O) groups excluding carboxylic acids is 1. The predicted molar refractivity (Wildman–Crippen MR) is 75.9 cm³/mol. The van der Waals surface area contributed by atoms with Crippen molar-refractivity contribution in [3.8, 4) is 0 Å². The molecule has 0 saturated carbocycles. The molecule has 92 valence electrons. The molecule has 1 aromatic heterocycles. The number of nitro benzene ring substituents is 1. The minimum absolute atomic E-state index is 0.111. The summed E-state index contributed by atoms with van der Waals surface area (Å²) in [4.78, 5) is 26.0. The maximum Gasteiger partial charge on any atom is 0.270 e. The number of amides is 1. The van der Waals surface area contributed by atoms with E-state index in [-0.39, 0.29) is 11.3 Å². The zero-order valence-electron chi connectivity index (χ0n) is 8.79. The molecule has 6 nitrogen and oxygen atoms in total. The Morgan fingerprint density at radius 3 is 2.89 bits per heavy atom. The minimum Gasteiger partial charge on any atom is -0.298 e. The van der Waals surface area contributed by atoms with Gasteiger partial charge in [0.1, 0.15) is 0 Å². The number of nitrogens with one attached hydrogen (secondary N) is 1. The minimum atomic E-state index is -0.531. The van der Waals surface area contributed by atoms with Crippen LogP contribution < -0.4 is 5.32 Å². The summed E-state index contributed by atoms with van der Waals surface area (Å²) in [5, 5.41) is 15.4. The average Bonchev–Trinajstić information content (AvgIpc) is 2.81. The number of benzene rings is 1.